The van der Waals surface area contributed by atoms with Crippen molar-refractivity contribution in [1.82, 2.24) is 4.90 Å². The van der Waals surface area contributed by atoms with E-state index in [1.54, 1.807) is 0 Å². The average Bonchev–Trinajstić information content (AvgIpc) is 2.88. The molecule has 0 radical (unpaired) electrons. The third-order valence-corrected chi connectivity index (χ3v) is 3.65. The minimum absolute atomic E-state index is 0.0897. The number of carbonyl (C=O) groups is 1. The number of furan rings is 1. The van der Waals surface area contributed by atoms with E-state index in [4.69, 9.17) is 14.3 Å². The molecule has 112 valence electrons. The van der Waals surface area contributed by atoms with E-state index in [2.05, 4.69) is 11.8 Å². The van der Waals surface area contributed by atoms with Crippen LogP contribution in [0.2, 0.25) is 0 Å². The minimum atomic E-state index is -0.799. The van der Waals surface area contributed by atoms with E-state index in [1.807, 2.05) is 12.1 Å². The van der Waals surface area contributed by atoms with E-state index in [9.17, 15) is 4.79 Å². The van der Waals surface area contributed by atoms with Crippen molar-refractivity contribution < 1.29 is 19.1 Å². The van der Waals surface area contributed by atoms with Gasteiger partial charge < -0.3 is 14.3 Å². The quantitative estimate of drug-likeness (QED) is 0.831. The molecule has 1 fully saturated rings. The molecule has 1 aliphatic heterocycles. The summed E-state index contributed by atoms with van der Waals surface area (Å²) >= 11 is 0. The highest BCUT2D eigenvalue weighted by atomic mass is 16.5. The van der Waals surface area contributed by atoms with Crippen LogP contribution >= 0.6 is 0 Å². The van der Waals surface area contributed by atoms with Gasteiger partial charge in [0.2, 0.25) is 0 Å². The normalized spacial score (nSPS) is 17.4. The number of rotatable bonds is 7. The second-order valence-corrected chi connectivity index (χ2v) is 5.21. The lowest BCUT2D eigenvalue weighted by Gasteiger charge is -2.31. The fourth-order valence-corrected chi connectivity index (χ4v) is 2.46. The van der Waals surface area contributed by atoms with Gasteiger partial charge in [0.05, 0.1) is 25.7 Å². The number of likely N-dealkylation sites (tertiary alicyclic amines) is 1. The van der Waals surface area contributed by atoms with Crippen LogP contribution in [0.15, 0.2) is 16.5 Å². The first kappa shape index (κ1) is 15.1. The maximum absolute atomic E-state index is 10.4. The van der Waals surface area contributed by atoms with Crippen molar-refractivity contribution in [3.63, 3.8) is 0 Å². The molecular weight excluding hydrogens is 258 g/mol. The Kier molecular flexibility index (Phi) is 5.61. The van der Waals surface area contributed by atoms with Gasteiger partial charge in [0, 0.05) is 19.5 Å². The number of nitrogens with zero attached hydrogens (tertiary/aromatic N) is 1. The summed E-state index contributed by atoms with van der Waals surface area (Å²) in [7, 11) is 0. The first-order valence-corrected chi connectivity index (χ1v) is 7.30. The van der Waals surface area contributed by atoms with E-state index >= 15 is 0 Å². The predicted octanol–water partition coefficient (Wildman–Crippen LogP) is 2.30. The molecule has 0 aromatic carbocycles. The van der Waals surface area contributed by atoms with E-state index in [1.165, 1.54) is 0 Å². The number of carboxylic acid groups (broad SMARTS) is 1. The Labute approximate surface area is 119 Å². The fraction of sp³-hybridized carbons (Fsp3) is 0.667. The molecule has 5 heteroatoms. The Bertz CT molecular complexity index is 421. The van der Waals surface area contributed by atoms with Crippen molar-refractivity contribution in [2.75, 3.05) is 19.7 Å². The summed E-state index contributed by atoms with van der Waals surface area (Å²) in [4.78, 5) is 12.8. The summed E-state index contributed by atoms with van der Waals surface area (Å²) in [5.41, 5.74) is 0. The lowest BCUT2D eigenvalue weighted by atomic mass is 10.1. The van der Waals surface area contributed by atoms with E-state index < -0.39 is 5.97 Å². The van der Waals surface area contributed by atoms with Gasteiger partial charge in [-0.3, -0.25) is 9.69 Å². The second kappa shape index (κ2) is 7.45. The predicted molar refractivity (Wildman–Crippen MR) is 74.6 cm³/mol. The summed E-state index contributed by atoms with van der Waals surface area (Å²) in [5, 5.41) is 8.57. The van der Waals surface area contributed by atoms with Crippen LogP contribution in [0.4, 0.5) is 0 Å². The first-order chi connectivity index (χ1) is 9.67. The monoisotopic (exact) mass is 281 g/mol. The highest BCUT2D eigenvalue weighted by Crippen LogP contribution is 2.18. The summed E-state index contributed by atoms with van der Waals surface area (Å²) < 4.78 is 11.3. The number of aliphatic carboxylic acids is 1. The summed E-state index contributed by atoms with van der Waals surface area (Å²) in [6.07, 6.45) is 3.14. The average molecular weight is 281 g/mol. The van der Waals surface area contributed by atoms with Gasteiger partial charge in [-0.2, -0.15) is 0 Å². The smallest absolute Gasteiger partial charge is 0.305 e. The molecule has 1 aromatic rings. The molecule has 2 rings (SSSR count). The van der Waals surface area contributed by atoms with Gasteiger partial charge in [-0.25, -0.2) is 0 Å². The maximum atomic E-state index is 10.4. The molecule has 0 saturated carbocycles. The third kappa shape index (κ3) is 4.65. The van der Waals surface area contributed by atoms with Crippen molar-refractivity contribution in [3.05, 3.63) is 23.7 Å². The van der Waals surface area contributed by atoms with Gasteiger partial charge in [-0.15, -0.1) is 0 Å². The zero-order chi connectivity index (χ0) is 14.4. The molecule has 20 heavy (non-hydrogen) atoms. The molecule has 1 aromatic heterocycles. The molecule has 1 aliphatic rings. The molecular formula is C15H23NO4. The van der Waals surface area contributed by atoms with E-state index in [-0.39, 0.29) is 12.5 Å². The fourth-order valence-electron chi connectivity index (χ4n) is 2.46. The Hall–Kier alpha value is -1.33. The van der Waals surface area contributed by atoms with Gasteiger partial charge in [-0.1, -0.05) is 6.92 Å². The van der Waals surface area contributed by atoms with E-state index in [0.717, 1.165) is 50.4 Å². The number of piperidine rings is 1. The Balaban J connectivity index is 1.67. The van der Waals surface area contributed by atoms with E-state index in [0.29, 0.717) is 6.61 Å². The van der Waals surface area contributed by atoms with Crippen LogP contribution in [0, 0.1) is 0 Å². The van der Waals surface area contributed by atoms with Crippen LogP contribution < -0.4 is 0 Å². The lowest BCUT2D eigenvalue weighted by Crippen LogP contribution is -2.36. The van der Waals surface area contributed by atoms with Gasteiger partial charge >= 0.3 is 5.97 Å². The standard InChI is InChI=1S/C15H23NO4/c1-2-12-3-4-14(20-12)11-16-8-5-13(6-9-16)19-10-7-15(17)18/h3-4,13H,2,5-11H2,1H3,(H,17,18). The molecule has 2 heterocycles. The zero-order valence-corrected chi connectivity index (χ0v) is 12.0. The largest absolute Gasteiger partial charge is 0.481 e. The Morgan fingerprint density at radius 1 is 1.40 bits per heavy atom. The second-order valence-electron chi connectivity index (χ2n) is 5.21. The van der Waals surface area contributed by atoms with Crippen molar-refractivity contribution in [2.45, 2.75) is 45.3 Å². The van der Waals surface area contributed by atoms with Crippen molar-refractivity contribution in [3.8, 4) is 0 Å². The number of carboxylic acids is 1. The summed E-state index contributed by atoms with van der Waals surface area (Å²) in [6, 6.07) is 4.09. The van der Waals surface area contributed by atoms with Crippen LogP contribution in [-0.4, -0.2) is 41.8 Å². The number of hydrogen-bond donors (Lipinski definition) is 1. The molecule has 5 nitrogen and oxygen atoms in total. The van der Waals surface area contributed by atoms with Gasteiger partial charge in [0.25, 0.3) is 0 Å². The molecule has 0 bridgehead atoms. The highest BCUT2D eigenvalue weighted by molar-refractivity contribution is 5.66. The number of ether oxygens (including phenoxy) is 1. The topological polar surface area (TPSA) is 62.9 Å². The van der Waals surface area contributed by atoms with Crippen LogP contribution in [0.1, 0.15) is 37.7 Å². The molecule has 0 atom stereocenters. The van der Waals surface area contributed by atoms with Gasteiger partial charge in [-0.05, 0) is 25.0 Å². The molecule has 1 N–H and O–H groups in total. The van der Waals surface area contributed by atoms with Crippen LogP contribution in [0.25, 0.3) is 0 Å². The van der Waals surface area contributed by atoms with Crippen molar-refractivity contribution in [1.29, 1.82) is 0 Å². The summed E-state index contributed by atoms with van der Waals surface area (Å²) in [5.74, 6) is 1.26. The lowest BCUT2D eigenvalue weighted by molar-refractivity contribution is -0.138. The Morgan fingerprint density at radius 3 is 2.70 bits per heavy atom. The molecule has 1 saturated heterocycles. The maximum Gasteiger partial charge on any atom is 0.305 e. The number of aryl methyl sites for hydroxylation is 1. The Morgan fingerprint density at radius 2 is 2.10 bits per heavy atom. The third-order valence-electron chi connectivity index (χ3n) is 3.65. The van der Waals surface area contributed by atoms with Crippen LogP contribution in [0.3, 0.4) is 0 Å². The molecule has 0 aliphatic carbocycles. The summed E-state index contributed by atoms with van der Waals surface area (Å²) in [6.45, 7) is 5.20. The molecule has 0 unspecified atom stereocenters. The molecule has 0 spiro atoms. The van der Waals surface area contributed by atoms with Crippen molar-refractivity contribution >= 4 is 5.97 Å². The SMILES string of the molecule is CCc1ccc(CN2CCC(OCCC(=O)O)CC2)o1. The van der Waals surface area contributed by atoms with Crippen LogP contribution in [-0.2, 0) is 22.5 Å². The van der Waals surface area contributed by atoms with Crippen LogP contribution in [0.5, 0.6) is 0 Å². The first-order valence-electron chi connectivity index (χ1n) is 7.30. The zero-order valence-electron chi connectivity index (χ0n) is 12.0. The highest BCUT2D eigenvalue weighted by Gasteiger charge is 2.20. The minimum Gasteiger partial charge on any atom is -0.481 e. The van der Waals surface area contributed by atoms with Gasteiger partial charge in [0.15, 0.2) is 0 Å². The molecule has 0 amide bonds. The van der Waals surface area contributed by atoms with Crippen molar-refractivity contribution in [2.24, 2.45) is 0 Å². The van der Waals surface area contributed by atoms with Gasteiger partial charge in [0.1, 0.15) is 11.5 Å². The number of hydrogen-bond acceptors (Lipinski definition) is 4.